The molecule has 1 fully saturated rings. The van der Waals surface area contributed by atoms with Crippen molar-refractivity contribution in [2.24, 2.45) is 0 Å². The fraction of sp³-hybridized carbons (Fsp3) is 0.429. The fourth-order valence-electron chi connectivity index (χ4n) is 2.62. The van der Waals surface area contributed by atoms with Crippen LogP contribution >= 0.6 is 11.8 Å². The van der Waals surface area contributed by atoms with Gasteiger partial charge in [0, 0.05) is 23.1 Å². The molecule has 0 bridgehead atoms. The highest BCUT2D eigenvalue weighted by molar-refractivity contribution is 8.00. The number of nitrogen functional groups attached to an aromatic ring is 1. The number of pyridine rings is 1. The number of thioether (sulfide) groups is 1. The molecule has 1 atom stereocenters. The molecule has 0 spiro atoms. The van der Waals surface area contributed by atoms with Crippen molar-refractivity contribution in [1.29, 1.82) is 0 Å². The Morgan fingerprint density at radius 1 is 1.53 bits per heavy atom. The highest BCUT2D eigenvalue weighted by atomic mass is 32.2. The second-order valence-electron chi connectivity index (χ2n) is 5.28. The molecule has 19 heavy (non-hydrogen) atoms. The average molecular weight is 274 g/mol. The quantitative estimate of drug-likeness (QED) is 0.935. The van der Waals surface area contributed by atoms with E-state index >= 15 is 0 Å². The summed E-state index contributed by atoms with van der Waals surface area (Å²) in [5.41, 5.74) is 7.95. The number of anilines is 1. The first-order chi connectivity index (χ1) is 9.16. The van der Waals surface area contributed by atoms with E-state index in [0.29, 0.717) is 10.6 Å². The van der Waals surface area contributed by atoms with Crippen LogP contribution in [0.1, 0.15) is 19.8 Å². The largest absolute Gasteiger partial charge is 0.384 e. The Hall–Kier alpha value is -1.49. The minimum atomic E-state index is 0.327. The third-order valence-corrected chi connectivity index (χ3v) is 5.12. The van der Waals surface area contributed by atoms with Gasteiger partial charge in [-0.15, -0.1) is 0 Å². The van der Waals surface area contributed by atoms with Gasteiger partial charge in [0.1, 0.15) is 5.82 Å². The van der Waals surface area contributed by atoms with Crippen LogP contribution in [0.25, 0.3) is 11.3 Å². The van der Waals surface area contributed by atoms with Gasteiger partial charge in [-0.1, -0.05) is 0 Å². The van der Waals surface area contributed by atoms with E-state index in [0.717, 1.165) is 17.8 Å². The molecule has 2 aromatic heterocycles. The Balaban J connectivity index is 1.90. The molecular formula is C14H18N4S. The zero-order valence-electron chi connectivity index (χ0n) is 11.0. The lowest BCUT2D eigenvalue weighted by molar-refractivity contribution is 0.513. The number of nitrogens with two attached hydrogens (primary N) is 1. The molecule has 0 saturated carbocycles. The first-order valence-electron chi connectivity index (χ1n) is 6.52. The number of rotatable bonds is 3. The number of aromatic nitrogens is 3. The molecule has 100 valence electrons. The SMILES string of the molecule is CC1(Cn2cncc2-c2ccnc(N)c2)CCCS1. The molecule has 0 radical (unpaired) electrons. The van der Waals surface area contributed by atoms with Gasteiger partial charge in [-0.05, 0) is 37.7 Å². The summed E-state index contributed by atoms with van der Waals surface area (Å²) in [5.74, 6) is 1.81. The minimum absolute atomic E-state index is 0.327. The average Bonchev–Trinajstić information content (AvgIpc) is 2.99. The van der Waals surface area contributed by atoms with Gasteiger partial charge in [-0.2, -0.15) is 11.8 Å². The minimum Gasteiger partial charge on any atom is -0.384 e. The topological polar surface area (TPSA) is 56.7 Å². The Bertz CT molecular complexity index is 572. The van der Waals surface area contributed by atoms with Crippen molar-refractivity contribution in [3.05, 3.63) is 30.9 Å². The van der Waals surface area contributed by atoms with E-state index < -0.39 is 0 Å². The Kier molecular flexibility index (Phi) is 3.22. The molecule has 5 heteroatoms. The van der Waals surface area contributed by atoms with Gasteiger partial charge in [0.25, 0.3) is 0 Å². The number of hydrogen-bond acceptors (Lipinski definition) is 4. The molecule has 1 unspecified atom stereocenters. The Labute approximate surface area is 117 Å². The second kappa shape index (κ2) is 4.89. The van der Waals surface area contributed by atoms with Gasteiger partial charge in [0.2, 0.25) is 0 Å². The van der Waals surface area contributed by atoms with Crippen molar-refractivity contribution in [3.63, 3.8) is 0 Å². The van der Waals surface area contributed by atoms with E-state index in [1.54, 1.807) is 6.20 Å². The van der Waals surface area contributed by atoms with Gasteiger partial charge >= 0.3 is 0 Å². The van der Waals surface area contributed by atoms with Gasteiger partial charge in [0.05, 0.1) is 18.2 Å². The molecular weight excluding hydrogens is 256 g/mol. The van der Waals surface area contributed by atoms with E-state index in [1.165, 1.54) is 18.6 Å². The van der Waals surface area contributed by atoms with Crippen molar-refractivity contribution in [1.82, 2.24) is 14.5 Å². The van der Waals surface area contributed by atoms with Crippen LogP contribution in [0.15, 0.2) is 30.9 Å². The molecule has 3 heterocycles. The molecule has 3 rings (SSSR count). The zero-order chi connectivity index (χ0) is 13.3. The van der Waals surface area contributed by atoms with E-state index in [1.807, 2.05) is 24.7 Å². The molecule has 2 aromatic rings. The zero-order valence-corrected chi connectivity index (χ0v) is 11.9. The van der Waals surface area contributed by atoms with Crippen molar-refractivity contribution in [3.8, 4) is 11.3 Å². The molecule has 4 nitrogen and oxygen atoms in total. The van der Waals surface area contributed by atoms with Crippen LogP contribution in [0, 0.1) is 0 Å². The van der Waals surface area contributed by atoms with Crippen LogP contribution in [-0.2, 0) is 6.54 Å². The van der Waals surface area contributed by atoms with Crippen LogP contribution < -0.4 is 5.73 Å². The summed E-state index contributed by atoms with van der Waals surface area (Å²) >= 11 is 2.06. The maximum Gasteiger partial charge on any atom is 0.123 e. The van der Waals surface area contributed by atoms with Gasteiger partial charge < -0.3 is 10.3 Å². The number of nitrogens with zero attached hydrogens (tertiary/aromatic N) is 3. The summed E-state index contributed by atoms with van der Waals surface area (Å²) < 4.78 is 2.56. The molecule has 2 N–H and O–H groups in total. The fourth-order valence-corrected chi connectivity index (χ4v) is 3.92. The lowest BCUT2D eigenvalue weighted by atomic mass is 10.1. The lowest BCUT2D eigenvalue weighted by Crippen LogP contribution is -2.23. The molecule has 0 aliphatic carbocycles. The van der Waals surface area contributed by atoms with Crippen molar-refractivity contribution < 1.29 is 0 Å². The molecule has 0 aromatic carbocycles. The second-order valence-corrected chi connectivity index (χ2v) is 6.96. The van der Waals surface area contributed by atoms with E-state index in [-0.39, 0.29) is 0 Å². The Morgan fingerprint density at radius 2 is 2.42 bits per heavy atom. The Morgan fingerprint density at radius 3 is 3.16 bits per heavy atom. The van der Waals surface area contributed by atoms with Crippen LogP contribution in [0.3, 0.4) is 0 Å². The highest BCUT2D eigenvalue weighted by Gasteiger charge is 2.30. The summed E-state index contributed by atoms with van der Waals surface area (Å²) in [5, 5.41) is 0. The van der Waals surface area contributed by atoms with E-state index in [2.05, 4.69) is 33.2 Å². The summed E-state index contributed by atoms with van der Waals surface area (Å²) in [6.07, 6.45) is 8.14. The van der Waals surface area contributed by atoms with Crippen LogP contribution in [-0.4, -0.2) is 25.0 Å². The first kappa shape index (κ1) is 12.5. The summed E-state index contributed by atoms with van der Waals surface area (Å²) in [4.78, 5) is 8.33. The van der Waals surface area contributed by atoms with Gasteiger partial charge in [-0.25, -0.2) is 9.97 Å². The number of imidazole rings is 1. The normalized spacial score (nSPS) is 22.8. The highest BCUT2D eigenvalue weighted by Crippen LogP contribution is 2.39. The molecule has 1 aliphatic rings. The predicted octanol–water partition coefficient (Wildman–Crippen LogP) is 2.81. The summed E-state index contributed by atoms with van der Waals surface area (Å²) in [6, 6.07) is 3.88. The standard InChI is InChI=1S/C14H18N4S/c1-14(4-2-6-19-14)9-18-10-16-8-12(18)11-3-5-17-13(15)7-11/h3,5,7-8,10H,2,4,6,9H2,1H3,(H2,15,17). The predicted molar refractivity (Wildman–Crippen MR) is 80.0 cm³/mol. The summed E-state index contributed by atoms with van der Waals surface area (Å²) in [6.45, 7) is 3.34. The van der Waals surface area contributed by atoms with Gasteiger partial charge in [-0.3, -0.25) is 0 Å². The van der Waals surface area contributed by atoms with E-state index in [9.17, 15) is 0 Å². The van der Waals surface area contributed by atoms with Crippen LogP contribution in [0.4, 0.5) is 5.82 Å². The number of hydrogen-bond donors (Lipinski definition) is 1. The summed E-state index contributed by atoms with van der Waals surface area (Å²) in [7, 11) is 0. The van der Waals surface area contributed by atoms with E-state index in [4.69, 9.17) is 5.73 Å². The first-order valence-corrected chi connectivity index (χ1v) is 7.51. The van der Waals surface area contributed by atoms with Crippen LogP contribution in [0.2, 0.25) is 0 Å². The third kappa shape index (κ3) is 2.61. The molecule has 1 aliphatic heterocycles. The monoisotopic (exact) mass is 274 g/mol. The molecule has 1 saturated heterocycles. The van der Waals surface area contributed by atoms with Crippen molar-refractivity contribution in [2.75, 3.05) is 11.5 Å². The maximum atomic E-state index is 5.76. The molecule has 0 amide bonds. The smallest absolute Gasteiger partial charge is 0.123 e. The lowest BCUT2D eigenvalue weighted by Gasteiger charge is -2.24. The van der Waals surface area contributed by atoms with Crippen molar-refractivity contribution in [2.45, 2.75) is 31.1 Å². The van der Waals surface area contributed by atoms with Crippen LogP contribution in [0.5, 0.6) is 0 Å². The third-order valence-electron chi connectivity index (χ3n) is 3.59. The van der Waals surface area contributed by atoms with Crippen molar-refractivity contribution >= 4 is 17.6 Å². The van der Waals surface area contributed by atoms with Gasteiger partial charge in [0.15, 0.2) is 0 Å². The maximum absolute atomic E-state index is 5.76.